The van der Waals surface area contributed by atoms with E-state index in [0.29, 0.717) is 17.0 Å². The molecule has 24 heavy (non-hydrogen) atoms. The van der Waals surface area contributed by atoms with Gasteiger partial charge in [-0.2, -0.15) is 0 Å². The van der Waals surface area contributed by atoms with Crippen LogP contribution in [0.5, 0.6) is 0 Å². The molecule has 0 saturated heterocycles. The molecule has 128 valence electrons. The summed E-state index contributed by atoms with van der Waals surface area (Å²) in [5.41, 5.74) is 2.53. The predicted octanol–water partition coefficient (Wildman–Crippen LogP) is 4.57. The van der Waals surface area contributed by atoms with Crippen molar-refractivity contribution in [3.8, 4) is 10.6 Å². The van der Waals surface area contributed by atoms with Crippen LogP contribution in [0.25, 0.3) is 10.6 Å². The zero-order valence-electron chi connectivity index (χ0n) is 14.2. The molecule has 4 nitrogen and oxygen atoms in total. The first-order valence-electron chi connectivity index (χ1n) is 8.47. The van der Waals surface area contributed by atoms with Gasteiger partial charge in [-0.25, -0.2) is 9.78 Å². The molecule has 0 bridgehead atoms. The molecule has 1 aliphatic rings. The first-order chi connectivity index (χ1) is 11.5. The molecule has 0 radical (unpaired) electrons. The van der Waals surface area contributed by atoms with E-state index < -0.39 is 5.97 Å². The normalized spacial score (nSPS) is 20.0. The highest BCUT2D eigenvalue weighted by atomic mass is 32.1. The molecule has 1 aromatic carbocycles. The monoisotopic (exact) mass is 344 g/mol. The lowest BCUT2D eigenvalue weighted by molar-refractivity contribution is 0.0697. The maximum Gasteiger partial charge on any atom is 0.335 e. The largest absolute Gasteiger partial charge is 0.478 e. The van der Waals surface area contributed by atoms with Crippen molar-refractivity contribution in [3.63, 3.8) is 0 Å². The van der Waals surface area contributed by atoms with E-state index in [1.807, 2.05) is 6.07 Å². The Bertz CT molecular complexity index is 724. The lowest BCUT2D eigenvalue weighted by atomic mass is 9.73. The number of carboxylic acid groups (broad SMARTS) is 1. The van der Waals surface area contributed by atoms with Gasteiger partial charge < -0.3 is 10.4 Å². The summed E-state index contributed by atoms with van der Waals surface area (Å²) in [6, 6.07) is 7.50. The number of nitrogens with one attached hydrogen (secondary N) is 1. The summed E-state index contributed by atoms with van der Waals surface area (Å²) < 4.78 is 0. The molecule has 1 atom stereocenters. The van der Waals surface area contributed by atoms with Crippen LogP contribution in [0, 0.1) is 5.41 Å². The topological polar surface area (TPSA) is 62.2 Å². The Balaban J connectivity index is 1.67. The molecule has 1 aliphatic carbocycles. The number of aromatic carboxylic acids is 1. The number of hydrogen-bond acceptors (Lipinski definition) is 4. The van der Waals surface area contributed by atoms with E-state index in [-0.39, 0.29) is 0 Å². The summed E-state index contributed by atoms with van der Waals surface area (Å²) in [4.78, 5) is 15.8. The SMILES string of the molecule is CC1(C)CCCCC1NCc1csc(-c2cccc(C(=O)O)c2)n1. The number of nitrogens with zero attached hydrogens (tertiary/aromatic N) is 1. The van der Waals surface area contributed by atoms with E-state index in [1.165, 1.54) is 25.7 Å². The Kier molecular flexibility index (Phi) is 5.01. The van der Waals surface area contributed by atoms with Crippen LogP contribution in [0.1, 0.15) is 55.6 Å². The molecule has 0 amide bonds. The van der Waals surface area contributed by atoms with E-state index in [4.69, 9.17) is 5.11 Å². The lowest BCUT2D eigenvalue weighted by Crippen LogP contribution is -2.43. The first kappa shape index (κ1) is 17.1. The number of carbonyl (C=O) groups is 1. The summed E-state index contributed by atoms with van der Waals surface area (Å²) in [5, 5.41) is 15.7. The van der Waals surface area contributed by atoms with Gasteiger partial charge in [0.05, 0.1) is 11.3 Å². The van der Waals surface area contributed by atoms with Crippen molar-refractivity contribution in [2.24, 2.45) is 5.41 Å². The van der Waals surface area contributed by atoms with Crippen LogP contribution in [0.15, 0.2) is 29.6 Å². The highest BCUT2D eigenvalue weighted by Gasteiger charge is 2.31. The van der Waals surface area contributed by atoms with Crippen molar-refractivity contribution in [2.75, 3.05) is 0 Å². The quantitative estimate of drug-likeness (QED) is 0.834. The van der Waals surface area contributed by atoms with Crippen LogP contribution in [-0.2, 0) is 6.54 Å². The van der Waals surface area contributed by atoms with Crippen molar-refractivity contribution in [3.05, 3.63) is 40.9 Å². The number of thiazole rings is 1. The second-order valence-electron chi connectivity index (χ2n) is 7.20. The third kappa shape index (κ3) is 3.84. The highest BCUT2D eigenvalue weighted by Crippen LogP contribution is 2.35. The van der Waals surface area contributed by atoms with Crippen molar-refractivity contribution in [1.29, 1.82) is 0 Å². The summed E-state index contributed by atoms with van der Waals surface area (Å²) in [6.07, 6.45) is 5.12. The minimum atomic E-state index is -0.908. The lowest BCUT2D eigenvalue weighted by Gasteiger charge is -2.39. The fraction of sp³-hybridized carbons (Fsp3) is 0.474. The number of rotatable bonds is 5. The highest BCUT2D eigenvalue weighted by molar-refractivity contribution is 7.13. The molecule has 5 heteroatoms. The van der Waals surface area contributed by atoms with Gasteiger partial charge >= 0.3 is 5.97 Å². The van der Waals surface area contributed by atoms with Crippen molar-refractivity contribution < 1.29 is 9.90 Å². The summed E-state index contributed by atoms with van der Waals surface area (Å²) in [5.74, 6) is -0.908. The van der Waals surface area contributed by atoms with E-state index >= 15 is 0 Å². The molecule has 1 saturated carbocycles. The molecule has 0 spiro atoms. The molecule has 1 aromatic heterocycles. The average Bonchev–Trinajstić information content (AvgIpc) is 3.02. The number of benzene rings is 1. The fourth-order valence-corrected chi connectivity index (χ4v) is 4.22. The van der Waals surface area contributed by atoms with Crippen LogP contribution in [0.4, 0.5) is 0 Å². The molecule has 0 aliphatic heterocycles. The van der Waals surface area contributed by atoms with Crippen molar-refractivity contribution in [2.45, 2.75) is 52.1 Å². The van der Waals surface area contributed by atoms with Crippen molar-refractivity contribution in [1.82, 2.24) is 10.3 Å². The molecular formula is C19H24N2O2S. The predicted molar refractivity (Wildman–Crippen MR) is 97.4 cm³/mol. The molecule has 3 rings (SSSR count). The molecule has 1 fully saturated rings. The molecule has 2 aromatic rings. The van der Waals surface area contributed by atoms with Gasteiger partial charge in [0.15, 0.2) is 0 Å². The minimum Gasteiger partial charge on any atom is -0.478 e. The molecule has 2 N–H and O–H groups in total. The Hall–Kier alpha value is -1.72. The second-order valence-corrected chi connectivity index (χ2v) is 8.06. The Labute approximate surface area is 146 Å². The average molecular weight is 344 g/mol. The third-order valence-electron chi connectivity index (χ3n) is 4.95. The van der Waals surface area contributed by atoms with Crippen LogP contribution in [-0.4, -0.2) is 22.1 Å². The van der Waals surface area contributed by atoms with Gasteiger partial charge in [0.2, 0.25) is 0 Å². The maximum atomic E-state index is 11.1. The Morgan fingerprint density at radius 3 is 3.00 bits per heavy atom. The van der Waals surface area contributed by atoms with E-state index in [1.54, 1.807) is 29.5 Å². The Morgan fingerprint density at radius 2 is 2.25 bits per heavy atom. The van der Waals surface area contributed by atoms with E-state index in [2.05, 4.69) is 29.5 Å². The smallest absolute Gasteiger partial charge is 0.335 e. The summed E-state index contributed by atoms with van der Waals surface area (Å²) in [6.45, 7) is 5.45. The number of aromatic nitrogens is 1. The maximum absolute atomic E-state index is 11.1. The van der Waals surface area contributed by atoms with Gasteiger partial charge in [-0.3, -0.25) is 0 Å². The van der Waals surface area contributed by atoms with E-state index in [0.717, 1.165) is 22.8 Å². The van der Waals surface area contributed by atoms with Gasteiger partial charge in [0.1, 0.15) is 5.01 Å². The molecule has 1 unspecified atom stereocenters. The van der Waals surface area contributed by atoms with Gasteiger partial charge in [0.25, 0.3) is 0 Å². The zero-order chi connectivity index (χ0) is 17.2. The van der Waals surface area contributed by atoms with Gasteiger partial charge in [0, 0.05) is 23.5 Å². The van der Waals surface area contributed by atoms with Crippen LogP contribution in [0.3, 0.4) is 0 Å². The minimum absolute atomic E-state index is 0.298. The third-order valence-corrected chi connectivity index (χ3v) is 5.89. The molecular weight excluding hydrogens is 320 g/mol. The van der Waals surface area contributed by atoms with Gasteiger partial charge in [-0.15, -0.1) is 11.3 Å². The number of carboxylic acids is 1. The fourth-order valence-electron chi connectivity index (χ4n) is 3.41. The zero-order valence-corrected chi connectivity index (χ0v) is 15.0. The van der Waals surface area contributed by atoms with Gasteiger partial charge in [-0.1, -0.05) is 38.8 Å². The van der Waals surface area contributed by atoms with E-state index in [9.17, 15) is 4.79 Å². The summed E-state index contributed by atoms with van der Waals surface area (Å²) in [7, 11) is 0. The van der Waals surface area contributed by atoms with Crippen LogP contribution < -0.4 is 5.32 Å². The van der Waals surface area contributed by atoms with Gasteiger partial charge in [-0.05, 0) is 30.4 Å². The summed E-state index contributed by atoms with van der Waals surface area (Å²) >= 11 is 1.57. The standard InChI is InChI=1S/C19H24N2O2S/c1-19(2)9-4-3-8-16(19)20-11-15-12-24-17(21-15)13-6-5-7-14(10-13)18(22)23/h5-7,10,12,16,20H,3-4,8-9,11H2,1-2H3,(H,22,23). The Morgan fingerprint density at radius 1 is 1.42 bits per heavy atom. The molecule has 1 heterocycles. The second kappa shape index (κ2) is 7.03. The van der Waals surface area contributed by atoms with Crippen LogP contribution in [0.2, 0.25) is 0 Å². The van der Waals surface area contributed by atoms with Crippen LogP contribution >= 0.6 is 11.3 Å². The first-order valence-corrected chi connectivity index (χ1v) is 9.35. The van der Waals surface area contributed by atoms with Crippen molar-refractivity contribution >= 4 is 17.3 Å². The number of hydrogen-bond donors (Lipinski definition) is 2.